The van der Waals surface area contributed by atoms with Crippen LogP contribution in [0.4, 0.5) is 4.39 Å². The van der Waals surface area contributed by atoms with Gasteiger partial charge in [-0.25, -0.2) is 4.39 Å². The van der Waals surface area contributed by atoms with E-state index in [0.717, 1.165) is 6.42 Å². The summed E-state index contributed by atoms with van der Waals surface area (Å²) in [6.45, 7) is 9.59. The number of rotatable bonds is 9. The van der Waals surface area contributed by atoms with E-state index < -0.39 is 5.83 Å². The zero-order valence-corrected chi connectivity index (χ0v) is 16.8. The fourth-order valence-corrected chi connectivity index (χ4v) is 2.89. The summed E-state index contributed by atoms with van der Waals surface area (Å²) in [7, 11) is 1.58. The molecule has 1 aromatic heterocycles. The van der Waals surface area contributed by atoms with Crippen LogP contribution in [0.3, 0.4) is 0 Å². The lowest BCUT2D eigenvalue weighted by Crippen LogP contribution is -2.46. The summed E-state index contributed by atoms with van der Waals surface area (Å²) in [6.07, 6.45) is 6.15. The Hall–Kier alpha value is -2.66. The molecule has 0 N–H and O–H groups in total. The van der Waals surface area contributed by atoms with Gasteiger partial charge in [-0.1, -0.05) is 37.8 Å². The maximum Gasteiger partial charge on any atom is 0.199 e. The van der Waals surface area contributed by atoms with Crippen LogP contribution in [-0.4, -0.2) is 24.9 Å². The van der Waals surface area contributed by atoms with E-state index in [4.69, 9.17) is 9.47 Å². The molecule has 4 nitrogen and oxygen atoms in total. The van der Waals surface area contributed by atoms with Crippen molar-refractivity contribution in [2.45, 2.75) is 33.2 Å². The van der Waals surface area contributed by atoms with Gasteiger partial charge in [0.1, 0.15) is 11.6 Å². The number of hydrogen-bond donors (Lipinski definition) is 0. The smallest absolute Gasteiger partial charge is 0.199 e. The van der Waals surface area contributed by atoms with Gasteiger partial charge >= 0.3 is 0 Å². The molecular formula is C23H28FNO3. The molecule has 0 aliphatic heterocycles. The fourth-order valence-electron chi connectivity index (χ4n) is 2.89. The monoisotopic (exact) mass is 385 g/mol. The number of hydrogen-bond acceptors (Lipinski definition) is 3. The number of methoxy groups -OCH3 is 1. The van der Waals surface area contributed by atoms with E-state index in [2.05, 4.69) is 6.58 Å². The van der Waals surface area contributed by atoms with Gasteiger partial charge in [-0.2, -0.15) is 0 Å². The predicted molar refractivity (Wildman–Crippen MR) is 113 cm³/mol. The number of benzene rings is 1. The van der Waals surface area contributed by atoms with Crippen molar-refractivity contribution in [3.05, 3.63) is 63.4 Å². The Morgan fingerprint density at radius 2 is 1.93 bits per heavy atom. The molecule has 0 unspecified atom stereocenters. The Balaban J connectivity index is 2.48. The number of pyridine rings is 1. The van der Waals surface area contributed by atoms with Gasteiger partial charge in [0, 0.05) is 36.7 Å². The lowest BCUT2D eigenvalue weighted by molar-refractivity contribution is 0.163. The number of aryl methyl sites for hydroxylation is 1. The lowest BCUT2D eigenvalue weighted by Gasteiger charge is -2.10. The van der Waals surface area contributed by atoms with Crippen molar-refractivity contribution in [3.8, 4) is 16.9 Å². The highest BCUT2D eigenvalue weighted by Crippen LogP contribution is 2.18. The largest absolute Gasteiger partial charge is 0.497 e. The molecule has 1 aromatic carbocycles. The topological polar surface area (TPSA) is 40.5 Å². The summed E-state index contributed by atoms with van der Waals surface area (Å²) in [5.41, 5.74) is 0.802. The van der Waals surface area contributed by atoms with E-state index in [1.807, 2.05) is 13.8 Å². The zero-order chi connectivity index (χ0) is 20.5. The van der Waals surface area contributed by atoms with E-state index in [-0.39, 0.29) is 17.1 Å². The summed E-state index contributed by atoms with van der Waals surface area (Å²) < 4.78 is 27.2. The Bertz CT molecular complexity index is 975. The molecule has 0 saturated heterocycles. The molecule has 0 fully saturated rings. The Labute approximate surface area is 165 Å². The standard InChI is InChI=1S/C23H28FNO3/c1-5-14-28-15-8-7-9-21(24)22-17(3)25(6-2)16-20(23(22)26)18-10-12-19(27-4)13-11-18/h7-8,10-13,16H,3,5-6,9,14-15H2,1-2,4H3/b8-7-,22-21-. The second-order valence-electron chi connectivity index (χ2n) is 6.36. The summed E-state index contributed by atoms with van der Waals surface area (Å²) >= 11 is 0. The fraction of sp³-hybridized carbons (Fsp3) is 0.348. The van der Waals surface area contributed by atoms with Crippen molar-refractivity contribution in [3.63, 3.8) is 0 Å². The molecule has 150 valence electrons. The van der Waals surface area contributed by atoms with E-state index in [1.165, 1.54) is 0 Å². The third kappa shape index (κ3) is 5.20. The highest BCUT2D eigenvalue weighted by molar-refractivity contribution is 5.64. The average molecular weight is 385 g/mol. The van der Waals surface area contributed by atoms with Gasteiger partial charge in [0.05, 0.1) is 18.9 Å². The predicted octanol–water partition coefficient (Wildman–Crippen LogP) is 3.40. The molecule has 0 aliphatic carbocycles. The first-order valence-electron chi connectivity index (χ1n) is 9.51. The molecular weight excluding hydrogens is 357 g/mol. The van der Waals surface area contributed by atoms with Gasteiger partial charge in [-0.05, 0) is 31.0 Å². The summed E-state index contributed by atoms with van der Waals surface area (Å²) in [6, 6.07) is 7.15. The number of nitrogens with zero attached hydrogens (tertiary/aromatic N) is 1. The molecule has 5 heteroatoms. The van der Waals surface area contributed by atoms with Gasteiger partial charge in [0.15, 0.2) is 5.43 Å². The van der Waals surface area contributed by atoms with E-state index in [0.29, 0.717) is 42.0 Å². The maximum atomic E-state index is 14.9. The maximum absolute atomic E-state index is 14.9. The molecule has 2 aromatic rings. The van der Waals surface area contributed by atoms with Crippen LogP contribution in [0, 0.1) is 0 Å². The van der Waals surface area contributed by atoms with Crippen molar-refractivity contribution in [2.75, 3.05) is 20.3 Å². The first kappa shape index (κ1) is 21.6. The minimum Gasteiger partial charge on any atom is -0.497 e. The van der Waals surface area contributed by atoms with Gasteiger partial charge in [-0.3, -0.25) is 4.79 Å². The van der Waals surface area contributed by atoms with E-state index >= 15 is 0 Å². The number of aromatic nitrogens is 1. The average Bonchev–Trinajstić information content (AvgIpc) is 2.71. The van der Waals surface area contributed by atoms with Gasteiger partial charge in [-0.15, -0.1) is 0 Å². The van der Waals surface area contributed by atoms with Gasteiger partial charge in [0.2, 0.25) is 0 Å². The third-order valence-corrected chi connectivity index (χ3v) is 4.43. The molecule has 2 rings (SSSR count). The molecule has 1 heterocycles. The SMILES string of the molecule is C=c1/c(=C(/F)C/C=C\COCCC)c(=O)c(-c2ccc(OC)cc2)cn1CC. The highest BCUT2D eigenvalue weighted by Gasteiger charge is 2.11. The Morgan fingerprint density at radius 3 is 2.54 bits per heavy atom. The Morgan fingerprint density at radius 1 is 1.21 bits per heavy atom. The van der Waals surface area contributed by atoms with Crippen LogP contribution in [0.5, 0.6) is 5.75 Å². The van der Waals surface area contributed by atoms with Crippen LogP contribution < -0.4 is 20.7 Å². The minimum absolute atomic E-state index is 0.0308. The molecule has 0 spiro atoms. The van der Waals surface area contributed by atoms with Crippen LogP contribution in [-0.2, 0) is 11.3 Å². The third-order valence-electron chi connectivity index (χ3n) is 4.43. The second kappa shape index (κ2) is 10.6. The second-order valence-corrected chi connectivity index (χ2v) is 6.36. The molecule has 0 atom stereocenters. The summed E-state index contributed by atoms with van der Waals surface area (Å²) in [4.78, 5) is 13.0. The van der Waals surface area contributed by atoms with Gasteiger partial charge in [0.25, 0.3) is 0 Å². The van der Waals surface area contributed by atoms with Crippen molar-refractivity contribution >= 4 is 12.4 Å². The zero-order valence-electron chi connectivity index (χ0n) is 16.8. The van der Waals surface area contributed by atoms with Crippen molar-refractivity contribution in [1.82, 2.24) is 4.57 Å². The minimum atomic E-state index is -0.487. The summed E-state index contributed by atoms with van der Waals surface area (Å²) in [5, 5.41) is 0.423. The van der Waals surface area contributed by atoms with Crippen LogP contribution >= 0.6 is 0 Å². The van der Waals surface area contributed by atoms with Crippen LogP contribution in [0.25, 0.3) is 23.5 Å². The van der Waals surface area contributed by atoms with Crippen LogP contribution in [0.15, 0.2) is 47.4 Å². The molecule has 28 heavy (non-hydrogen) atoms. The number of ether oxygens (including phenoxy) is 2. The quantitative estimate of drug-likeness (QED) is 0.491. The molecule has 0 radical (unpaired) electrons. The molecule has 0 bridgehead atoms. The van der Waals surface area contributed by atoms with Crippen molar-refractivity contribution in [2.24, 2.45) is 0 Å². The van der Waals surface area contributed by atoms with Crippen LogP contribution in [0.2, 0.25) is 0 Å². The molecule has 0 amide bonds. The van der Waals surface area contributed by atoms with Crippen molar-refractivity contribution < 1.29 is 13.9 Å². The first-order valence-corrected chi connectivity index (χ1v) is 9.51. The number of halogens is 1. The summed E-state index contributed by atoms with van der Waals surface area (Å²) in [5.74, 6) is 0.209. The first-order chi connectivity index (χ1) is 13.5. The molecule has 0 aliphatic rings. The number of allylic oxidation sites excluding steroid dienone is 1. The van der Waals surface area contributed by atoms with Crippen LogP contribution in [0.1, 0.15) is 26.7 Å². The highest BCUT2D eigenvalue weighted by atomic mass is 19.1. The van der Waals surface area contributed by atoms with E-state index in [9.17, 15) is 9.18 Å². The van der Waals surface area contributed by atoms with Gasteiger partial charge < -0.3 is 14.0 Å². The Kier molecular flexibility index (Phi) is 8.20. The molecule has 0 saturated carbocycles. The van der Waals surface area contributed by atoms with Crippen molar-refractivity contribution in [1.29, 1.82) is 0 Å². The van der Waals surface area contributed by atoms with E-state index in [1.54, 1.807) is 54.3 Å². The normalized spacial score (nSPS) is 12.4. The lowest BCUT2D eigenvalue weighted by atomic mass is 10.1.